The monoisotopic (exact) mass is 287 g/mol. The highest BCUT2D eigenvalue weighted by Gasteiger charge is 2.35. The van der Waals surface area contributed by atoms with Crippen LogP contribution >= 0.6 is 0 Å². The van der Waals surface area contributed by atoms with E-state index in [1.54, 1.807) is 18.2 Å². The molecule has 4 nitrogen and oxygen atoms in total. The Morgan fingerprint density at radius 3 is 2.81 bits per heavy atom. The van der Waals surface area contributed by atoms with E-state index in [1.165, 1.54) is 6.07 Å². The maximum Gasteiger partial charge on any atom is 0.268 e. The molecule has 21 heavy (non-hydrogen) atoms. The number of H-pyrrole nitrogens is 1. The third-order valence-corrected chi connectivity index (χ3v) is 4.83. The SMILES string of the molecule is O=C(NC1CN2CCC1CC2)c1cc2c(F)cccc2[nH]1. The highest BCUT2D eigenvalue weighted by Crippen LogP contribution is 2.28. The lowest BCUT2D eigenvalue weighted by atomic mass is 9.84. The minimum absolute atomic E-state index is 0.135. The van der Waals surface area contributed by atoms with Gasteiger partial charge in [0, 0.05) is 23.5 Å². The Hall–Kier alpha value is -1.88. The minimum atomic E-state index is -0.300. The number of rotatable bonds is 2. The largest absolute Gasteiger partial charge is 0.350 e. The van der Waals surface area contributed by atoms with Crippen LogP contribution in [0.3, 0.4) is 0 Å². The van der Waals surface area contributed by atoms with Crippen molar-refractivity contribution in [2.24, 2.45) is 5.92 Å². The number of aromatic amines is 1. The van der Waals surface area contributed by atoms with Crippen LogP contribution in [0.2, 0.25) is 0 Å². The average Bonchev–Trinajstić information content (AvgIpc) is 2.94. The quantitative estimate of drug-likeness (QED) is 0.889. The highest BCUT2D eigenvalue weighted by molar-refractivity contribution is 5.98. The van der Waals surface area contributed by atoms with Gasteiger partial charge in [-0.05, 0) is 50.0 Å². The average molecular weight is 287 g/mol. The first-order valence-electron chi connectivity index (χ1n) is 7.51. The third kappa shape index (κ3) is 2.21. The summed E-state index contributed by atoms with van der Waals surface area (Å²) in [5.74, 6) is 0.148. The van der Waals surface area contributed by atoms with Crippen molar-refractivity contribution in [2.75, 3.05) is 19.6 Å². The minimum Gasteiger partial charge on any atom is -0.350 e. The first-order chi connectivity index (χ1) is 10.2. The Balaban J connectivity index is 1.55. The molecule has 1 amide bonds. The number of carbonyl (C=O) groups is 1. The van der Waals surface area contributed by atoms with Gasteiger partial charge in [0.25, 0.3) is 5.91 Å². The van der Waals surface area contributed by atoms with E-state index >= 15 is 0 Å². The molecule has 3 fully saturated rings. The van der Waals surface area contributed by atoms with Gasteiger partial charge in [-0.1, -0.05) is 6.07 Å². The number of halogens is 1. The molecule has 5 rings (SSSR count). The summed E-state index contributed by atoms with van der Waals surface area (Å²) < 4.78 is 13.7. The molecular formula is C16H18FN3O. The number of fused-ring (bicyclic) bond motifs is 4. The van der Waals surface area contributed by atoms with Crippen molar-refractivity contribution < 1.29 is 9.18 Å². The molecule has 3 aliphatic rings. The van der Waals surface area contributed by atoms with E-state index in [2.05, 4.69) is 15.2 Å². The molecule has 3 aliphatic heterocycles. The molecule has 0 radical (unpaired) electrons. The molecule has 0 spiro atoms. The Morgan fingerprint density at radius 2 is 2.14 bits per heavy atom. The normalized spacial score (nSPS) is 28.0. The zero-order valence-corrected chi connectivity index (χ0v) is 11.7. The Kier molecular flexibility index (Phi) is 2.96. The van der Waals surface area contributed by atoms with Crippen LogP contribution in [0.4, 0.5) is 4.39 Å². The molecule has 4 heterocycles. The zero-order chi connectivity index (χ0) is 14.4. The molecule has 2 N–H and O–H groups in total. The fourth-order valence-electron chi connectivity index (χ4n) is 3.62. The van der Waals surface area contributed by atoms with E-state index in [4.69, 9.17) is 0 Å². The number of carbonyl (C=O) groups excluding carboxylic acids is 1. The van der Waals surface area contributed by atoms with Crippen LogP contribution in [0, 0.1) is 11.7 Å². The van der Waals surface area contributed by atoms with Crippen LogP contribution in [0.15, 0.2) is 24.3 Å². The zero-order valence-electron chi connectivity index (χ0n) is 11.7. The van der Waals surface area contributed by atoms with Gasteiger partial charge in [0.05, 0.1) is 0 Å². The van der Waals surface area contributed by atoms with Crippen molar-refractivity contribution >= 4 is 16.8 Å². The van der Waals surface area contributed by atoms with Gasteiger partial charge in [0.2, 0.25) is 0 Å². The number of nitrogens with one attached hydrogen (secondary N) is 2. The molecule has 0 aliphatic carbocycles. The number of aromatic nitrogens is 1. The lowest BCUT2D eigenvalue weighted by Gasteiger charge is -2.44. The Bertz CT molecular complexity index is 688. The number of piperidine rings is 3. The number of amides is 1. The van der Waals surface area contributed by atoms with Crippen LogP contribution < -0.4 is 5.32 Å². The van der Waals surface area contributed by atoms with E-state index in [-0.39, 0.29) is 17.8 Å². The van der Waals surface area contributed by atoms with Gasteiger partial charge in [0.15, 0.2) is 0 Å². The number of hydrogen-bond donors (Lipinski definition) is 2. The van der Waals surface area contributed by atoms with E-state index in [9.17, 15) is 9.18 Å². The van der Waals surface area contributed by atoms with Gasteiger partial charge in [0.1, 0.15) is 11.5 Å². The summed E-state index contributed by atoms with van der Waals surface area (Å²) in [6.45, 7) is 3.23. The number of benzene rings is 1. The van der Waals surface area contributed by atoms with Crippen LogP contribution in [-0.2, 0) is 0 Å². The molecule has 1 unspecified atom stereocenters. The van der Waals surface area contributed by atoms with Crippen molar-refractivity contribution in [1.29, 1.82) is 0 Å². The molecule has 1 aromatic carbocycles. The topological polar surface area (TPSA) is 48.1 Å². The molecule has 3 saturated heterocycles. The maximum absolute atomic E-state index is 13.7. The molecule has 1 aromatic heterocycles. The summed E-state index contributed by atoms with van der Waals surface area (Å²) in [6, 6.07) is 6.65. The summed E-state index contributed by atoms with van der Waals surface area (Å²) in [7, 11) is 0. The van der Waals surface area contributed by atoms with Crippen molar-refractivity contribution in [3.8, 4) is 0 Å². The van der Waals surface area contributed by atoms with Crippen LogP contribution in [-0.4, -0.2) is 41.5 Å². The van der Waals surface area contributed by atoms with Crippen LogP contribution in [0.1, 0.15) is 23.3 Å². The standard InChI is InChI=1S/C16H18FN3O/c17-12-2-1-3-13-11(12)8-14(18-13)16(21)19-15-9-20-6-4-10(15)5-7-20/h1-3,8,10,15,18H,4-7,9H2,(H,19,21). The maximum atomic E-state index is 13.7. The lowest BCUT2D eigenvalue weighted by molar-refractivity contribution is 0.0618. The summed E-state index contributed by atoms with van der Waals surface area (Å²) in [5, 5.41) is 3.58. The summed E-state index contributed by atoms with van der Waals surface area (Å²) in [5.41, 5.74) is 1.10. The van der Waals surface area contributed by atoms with E-state index in [1.807, 2.05) is 0 Å². The van der Waals surface area contributed by atoms with Crippen LogP contribution in [0.5, 0.6) is 0 Å². The predicted octanol–water partition coefficient (Wildman–Crippen LogP) is 2.13. The Morgan fingerprint density at radius 1 is 1.33 bits per heavy atom. The second kappa shape index (κ2) is 4.84. The number of hydrogen-bond acceptors (Lipinski definition) is 2. The third-order valence-electron chi connectivity index (χ3n) is 4.83. The van der Waals surface area contributed by atoms with Gasteiger partial charge < -0.3 is 15.2 Å². The van der Waals surface area contributed by atoms with Gasteiger partial charge in [-0.3, -0.25) is 4.79 Å². The molecular weight excluding hydrogens is 269 g/mol. The fourth-order valence-corrected chi connectivity index (χ4v) is 3.62. The summed E-state index contributed by atoms with van der Waals surface area (Å²) in [4.78, 5) is 17.8. The molecule has 2 bridgehead atoms. The molecule has 5 heteroatoms. The van der Waals surface area contributed by atoms with Crippen molar-refractivity contribution in [1.82, 2.24) is 15.2 Å². The van der Waals surface area contributed by atoms with Crippen molar-refractivity contribution in [2.45, 2.75) is 18.9 Å². The smallest absolute Gasteiger partial charge is 0.268 e. The van der Waals surface area contributed by atoms with Crippen molar-refractivity contribution in [3.63, 3.8) is 0 Å². The molecule has 1 atom stereocenters. The first kappa shape index (κ1) is 12.8. The molecule has 2 aromatic rings. The summed E-state index contributed by atoms with van der Waals surface area (Å²) >= 11 is 0. The second-order valence-electron chi connectivity index (χ2n) is 6.10. The van der Waals surface area contributed by atoms with Gasteiger partial charge in [-0.15, -0.1) is 0 Å². The van der Waals surface area contributed by atoms with Crippen LogP contribution in [0.25, 0.3) is 10.9 Å². The second-order valence-corrected chi connectivity index (χ2v) is 6.10. The lowest BCUT2D eigenvalue weighted by Crippen LogP contribution is -2.57. The van der Waals surface area contributed by atoms with E-state index in [0.29, 0.717) is 22.5 Å². The van der Waals surface area contributed by atoms with E-state index < -0.39 is 0 Å². The predicted molar refractivity (Wildman–Crippen MR) is 78.7 cm³/mol. The van der Waals surface area contributed by atoms with Gasteiger partial charge in [-0.25, -0.2) is 4.39 Å². The highest BCUT2D eigenvalue weighted by atomic mass is 19.1. The fraction of sp³-hybridized carbons (Fsp3) is 0.438. The molecule has 0 saturated carbocycles. The number of nitrogens with zero attached hydrogens (tertiary/aromatic N) is 1. The molecule has 110 valence electrons. The van der Waals surface area contributed by atoms with Gasteiger partial charge >= 0.3 is 0 Å². The Labute approximate surface area is 122 Å². The van der Waals surface area contributed by atoms with Crippen molar-refractivity contribution in [3.05, 3.63) is 35.8 Å². The van der Waals surface area contributed by atoms with Gasteiger partial charge in [-0.2, -0.15) is 0 Å². The van der Waals surface area contributed by atoms with E-state index in [0.717, 1.165) is 32.5 Å². The summed E-state index contributed by atoms with van der Waals surface area (Å²) in [6.07, 6.45) is 2.32. The first-order valence-corrected chi connectivity index (χ1v) is 7.51.